The van der Waals surface area contributed by atoms with Gasteiger partial charge in [0.05, 0.1) is 18.3 Å². The Morgan fingerprint density at radius 3 is 2.76 bits per heavy atom. The number of fused-ring (bicyclic) bond motifs is 1. The third kappa shape index (κ3) is 3.39. The first kappa shape index (κ1) is 19.7. The number of carbonyl (C=O) groups is 1. The van der Waals surface area contributed by atoms with E-state index in [1.54, 1.807) is 7.11 Å². The average molecular weight is 440 g/mol. The number of hydrogen-bond acceptors (Lipinski definition) is 4. The van der Waals surface area contributed by atoms with Crippen LogP contribution in [0.15, 0.2) is 66.9 Å². The molecule has 3 heterocycles. The van der Waals surface area contributed by atoms with E-state index in [0.29, 0.717) is 36.9 Å². The molecule has 33 heavy (non-hydrogen) atoms. The van der Waals surface area contributed by atoms with Crippen LogP contribution in [0.1, 0.15) is 29.0 Å². The number of carbonyl (C=O) groups excluding carboxylic acids is 1. The molecule has 1 aromatic heterocycles. The van der Waals surface area contributed by atoms with E-state index in [9.17, 15) is 4.79 Å². The van der Waals surface area contributed by atoms with Crippen LogP contribution < -0.4 is 19.5 Å². The van der Waals surface area contributed by atoms with Crippen LogP contribution in [-0.4, -0.2) is 30.8 Å². The van der Waals surface area contributed by atoms with Crippen molar-refractivity contribution in [3.8, 4) is 17.2 Å². The third-order valence-corrected chi connectivity index (χ3v) is 6.42. The lowest BCUT2D eigenvalue weighted by Crippen LogP contribution is -2.17. The molecule has 4 aromatic rings. The molecule has 166 valence electrons. The molecule has 0 unspecified atom stereocenters. The van der Waals surface area contributed by atoms with Crippen molar-refractivity contribution in [1.29, 1.82) is 0 Å². The Kier molecular flexibility index (Phi) is 4.72. The monoisotopic (exact) mass is 440 g/mol. The van der Waals surface area contributed by atoms with Gasteiger partial charge in [0.25, 0.3) is 0 Å². The summed E-state index contributed by atoms with van der Waals surface area (Å²) in [5.74, 6) is 1.76. The SMILES string of the molecule is COc1cc([C@@H]2CC(=O)Nc3cccc4c3c2cn4Cc2ccccc2)cc2c1OCCO2. The van der Waals surface area contributed by atoms with E-state index in [-0.39, 0.29) is 11.8 Å². The standard InChI is InChI=1S/C27H24N2O4/c1-31-23-12-18(13-24-27(23)33-11-10-32-24)19-14-25(30)28-21-8-5-9-22-26(21)20(19)16-29(22)15-17-6-3-2-4-7-17/h2-9,12-13,16,19H,10-11,14-15H2,1H3,(H,28,30)/t19-/m0/s1. The van der Waals surface area contributed by atoms with Crippen molar-refractivity contribution < 1.29 is 19.0 Å². The molecule has 3 aromatic carbocycles. The van der Waals surface area contributed by atoms with Gasteiger partial charge >= 0.3 is 0 Å². The minimum Gasteiger partial charge on any atom is -0.493 e. The number of benzene rings is 3. The van der Waals surface area contributed by atoms with E-state index in [1.165, 1.54) is 5.56 Å². The molecule has 0 saturated carbocycles. The first-order valence-electron chi connectivity index (χ1n) is 11.1. The van der Waals surface area contributed by atoms with Crippen LogP contribution in [0, 0.1) is 0 Å². The molecule has 2 aliphatic rings. The number of methoxy groups -OCH3 is 1. The first-order valence-corrected chi connectivity index (χ1v) is 11.1. The summed E-state index contributed by atoms with van der Waals surface area (Å²) in [6.45, 7) is 1.74. The van der Waals surface area contributed by atoms with Crippen LogP contribution in [0.25, 0.3) is 10.9 Å². The van der Waals surface area contributed by atoms with Gasteiger partial charge in [-0.05, 0) is 41.0 Å². The highest BCUT2D eigenvalue weighted by atomic mass is 16.6. The zero-order chi connectivity index (χ0) is 22.4. The smallest absolute Gasteiger partial charge is 0.225 e. The number of aromatic nitrogens is 1. The predicted octanol–water partition coefficient (Wildman–Crippen LogP) is 4.94. The summed E-state index contributed by atoms with van der Waals surface area (Å²) in [5, 5.41) is 4.20. The molecule has 1 N–H and O–H groups in total. The third-order valence-electron chi connectivity index (χ3n) is 6.42. The molecular formula is C27H24N2O4. The Morgan fingerprint density at radius 1 is 1.06 bits per heavy atom. The molecule has 6 heteroatoms. The van der Waals surface area contributed by atoms with Crippen LogP contribution in [0.5, 0.6) is 17.2 Å². The Morgan fingerprint density at radius 2 is 1.91 bits per heavy atom. The second kappa shape index (κ2) is 7.89. The highest BCUT2D eigenvalue weighted by Crippen LogP contribution is 2.46. The van der Waals surface area contributed by atoms with Gasteiger partial charge in [-0.1, -0.05) is 36.4 Å². The van der Waals surface area contributed by atoms with Crippen LogP contribution in [0.2, 0.25) is 0 Å². The summed E-state index contributed by atoms with van der Waals surface area (Å²) in [7, 11) is 1.63. The Balaban J connectivity index is 1.53. The molecule has 0 bridgehead atoms. The fourth-order valence-electron chi connectivity index (χ4n) is 4.95. The van der Waals surface area contributed by atoms with Gasteiger partial charge in [-0.2, -0.15) is 0 Å². The maximum Gasteiger partial charge on any atom is 0.225 e. The molecule has 6 rings (SSSR count). The summed E-state index contributed by atoms with van der Waals surface area (Å²) in [6.07, 6.45) is 2.53. The number of hydrogen-bond donors (Lipinski definition) is 1. The lowest BCUT2D eigenvalue weighted by molar-refractivity contribution is -0.116. The number of amides is 1. The van der Waals surface area contributed by atoms with Crippen LogP contribution >= 0.6 is 0 Å². The zero-order valence-electron chi connectivity index (χ0n) is 18.3. The molecule has 6 nitrogen and oxygen atoms in total. The molecule has 0 fully saturated rings. The Hall–Kier alpha value is -3.93. The van der Waals surface area contributed by atoms with Crippen LogP contribution in [-0.2, 0) is 11.3 Å². The van der Waals surface area contributed by atoms with Crippen molar-refractivity contribution in [2.75, 3.05) is 25.6 Å². The second-order valence-corrected chi connectivity index (χ2v) is 8.45. The summed E-state index contributed by atoms with van der Waals surface area (Å²) in [5.41, 5.74) is 5.27. The van der Waals surface area contributed by atoms with Crippen molar-refractivity contribution >= 4 is 22.5 Å². The Labute approximate surface area is 191 Å². The maximum absolute atomic E-state index is 12.9. The minimum atomic E-state index is -0.141. The minimum absolute atomic E-state index is 0.00725. The number of rotatable bonds is 4. The van der Waals surface area contributed by atoms with Gasteiger partial charge in [0.1, 0.15) is 13.2 Å². The number of nitrogens with one attached hydrogen (secondary N) is 1. The van der Waals surface area contributed by atoms with Gasteiger partial charge in [-0.3, -0.25) is 4.79 Å². The molecule has 1 amide bonds. The number of nitrogens with zero attached hydrogens (tertiary/aromatic N) is 1. The molecule has 0 aliphatic carbocycles. The molecule has 2 aliphatic heterocycles. The van der Waals surface area contributed by atoms with E-state index < -0.39 is 0 Å². The van der Waals surface area contributed by atoms with Crippen LogP contribution in [0.3, 0.4) is 0 Å². The molecular weight excluding hydrogens is 416 g/mol. The summed E-state index contributed by atoms with van der Waals surface area (Å²) in [4.78, 5) is 12.9. The fraction of sp³-hybridized carbons (Fsp3) is 0.222. The average Bonchev–Trinajstić information content (AvgIpc) is 3.14. The van der Waals surface area contributed by atoms with Gasteiger partial charge in [-0.15, -0.1) is 0 Å². The summed E-state index contributed by atoms with van der Waals surface area (Å²) in [6, 6.07) is 20.5. The van der Waals surface area contributed by atoms with E-state index in [4.69, 9.17) is 14.2 Å². The van der Waals surface area contributed by atoms with Gasteiger partial charge in [0.15, 0.2) is 11.5 Å². The largest absolute Gasteiger partial charge is 0.493 e. The van der Waals surface area contributed by atoms with Gasteiger partial charge in [0.2, 0.25) is 11.7 Å². The summed E-state index contributed by atoms with van der Waals surface area (Å²) >= 11 is 0. The lowest BCUT2D eigenvalue weighted by Gasteiger charge is -2.23. The second-order valence-electron chi connectivity index (χ2n) is 8.45. The van der Waals surface area contributed by atoms with Crippen LogP contribution in [0.4, 0.5) is 5.69 Å². The topological polar surface area (TPSA) is 61.7 Å². The quantitative estimate of drug-likeness (QED) is 0.488. The lowest BCUT2D eigenvalue weighted by atomic mass is 9.88. The molecule has 0 spiro atoms. The van der Waals surface area contributed by atoms with Gasteiger partial charge in [-0.25, -0.2) is 0 Å². The van der Waals surface area contributed by atoms with Crippen molar-refractivity contribution in [3.05, 3.63) is 83.6 Å². The van der Waals surface area contributed by atoms with Gasteiger partial charge in [0, 0.05) is 30.5 Å². The van der Waals surface area contributed by atoms with Crippen molar-refractivity contribution in [1.82, 2.24) is 4.57 Å². The highest BCUT2D eigenvalue weighted by Gasteiger charge is 2.30. The van der Waals surface area contributed by atoms with Crippen molar-refractivity contribution in [2.45, 2.75) is 18.9 Å². The predicted molar refractivity (Wildman–Crippen MR) is 127 cm³/mol. The highest BCUT2D eigenvalue weighted by molar-refractivity contribution is 6.06. The van der Waals surface area contributed by atoms with E-state index >= 15 is 0 Å². The Bertz CT molecular complexity index is 1340. The molecule has 0 saturated heterocycles. The van der Waals surface area contributed by atoms with Crippen molar-refractivity contribution in [2.24, 2.45) is 0 Å². The fourth-order valence-corrected chi connectivity index (χ4v) is 4.95. The molecule has 0 radical (unpaired) electrons. The van der Waals surface area contributed by atoms with Crippen molar-refractivity contribution in [3.63, 3.8) is 0 Å². The summed E-state index contributed by atoms with van der Waals surface area (Å²) < 4.78 is 19.5. The maximum atomic E-state index is 12.9. The first-order chi connectivity index (χ1) is 16.2. The zero-order valence-corrected chi connectivity index (χ0v) is 18.3. The van der Waals surface area contributed by atoms with E-state index in [1.807, 2.05) is 30.3 Å². The number of ether oxygens (including phenoxy) is 3. The normalized spacial score (nSPS) is 16.9. The molecule has 1 atom stereocenters. The van der Waals surface area contributed by atoms with E-state index in [0.717, 1.165) is 34.3 Å². The van der Waals surface area contributed by atoms with E-state index in [2.05, 4.69) is 46.4 Å². The number of anilines is 1. The van der Waals surface area contributed by atoms with Gasteiger partial charge < -0.3 is 24.1 Å².